The summed E-state index contributed by atoms with van der Waals surface area (Å²) in [6.45, 7) is 21.6. The highest BCUT2D eigenvalue weighted by Gasteiger charge is 2.47. The molecule has 2 atom stereocenters. The maximum atomic E-state index is 12.7. The van der Waals surface area contributed by atoms with Gasteiger partial charge in [0.05, 0.1) is 50.0 Å². The summed E-state index contributed by atoms with van der Waals surface area (Å²) in [4.78, 5) is 85.5. The molecule has 62 heavy (non-hydrogen) atoms. The first-order valence-electron chi connectivity index (χ1n) is 23.1. The highest BCUT2D eigenvalue weighted by Crippen LogP contribution is 2.38. The second-order valence-electron chi connectivity index (χ2n) is 18.8. The molecule has 0 aromatic carbocycles. The number of ether oxygens (including phenoxy) is 4. The van der Waals surface area contributed by atoms with Crippen molar-refractivity contribution in [1.82, 2.24) is 29.4 Å². The van der Waals surface area contributed by atoms with Crippen LogP contribution in [0.2, 0.25) is 0 Å². The Morgan fingerprint density at radius 3 is 1.39 bits per heavy atom. The van der Waals surface area contributed by atoms with Crippen molar-refractivity contribution in [2.75, 3.05) is 91.8 Å². The lowest BCUT2D eigenvalue weighted by molar-refractivity contribution is -0.165. The molecule has 0 radical (unpaired) electrons. The molecule has 0 aliphatic carbocycles. The second kappa shape index (κ2) is 22.2. The average molecular weight is 879 g/mol. The Kier molecular flexibility index (Phi) is 17.7. The van der Waals surface area contributed by atoms with Gasteiger partial charge < -0.3 is 48.8 Å². The molecule has 6 fully saturated rings. The van der Waals surface area contributed by atoms with E-state index in [1.165, 1.54) is 0 Å². The van der Waals surface area contributed by atoms with Crippen molar-refractivity contribution in [3.05, 3.63) is 0 Å². The molecule has 6 rings (SSSR count). The molecule has 18 heteroatoms. The number of likely N-dealkylation sites (tertiary alicyclic amines) is 4. The zero-order valence-electron chi connectivity index (χ0n) is 38.1. The Balaban J connectivity index is 0.000000236. The van der Waals surface area contributed by atoms with Gasteiger partial charge in [0.15, 0.2) is 0 Å². The number of aliphatic carboxylic acids is 2. The van der Waals surface area contributed by atoms with Gasteiger partial charge in [-0.2, -0.15) is 0 Å². The summed E-state index contributed by atoms with van der Waals surface area (Å²) in [5.41, 5.74) is -2.02. The molecule has 0 aromatic heterocycles. The van der Waals surface area contributed by atoms with Gasteiger partial charge in [0.25, 0.3) is 0 Å². The number of amides is 2. The van der Waals surface area contributed by atoms with Crippen molar-refractivity contribution in [3.8, 4) is 0 Å². The molecule has 0 bridgehead atoms. The zero-order valence-corrected chi connectivity index (χ0v) is 38.1. The van der Waals surface area contributed by atoms with Crippen LogP contribution in [-0.2, 0) is 38.1 Å². The number of carbonyl (C=O) groups excluding carboxylic acids is 4. The summed E-state index contributed by atoms with van der Waals surface area (Å²) in [7, 11) is 0. The first kappa shape index (κ1) is 49.3. The number of piperidine rings is 4. The number of cyclic esters (lactones) is 2. The number of carboxylic acids is 2. The third-order valence-corrected chi connectivity index (χ3v) is 14.1. The van der Waals surface area contributed by atoms with E-state index in [0.29, 0.717) is 96.7 Å². The van der Waals surface area contributed by atoms with Gasteiger partial charge in [-0.25, -0.2) is 9.59 Å². The van der Waals surface area contributed by atoms with Crippen LogP contribution in [0.3, 0.4) is 0 Å². The molecule has 6 saturated heterocycles. The fourth-order valence-corrected chi connectivity index (χ4v) is 10.2. The Morgan fingerprint density at radius 2 is 1.03 bits per heavy atom. The number of hydrogen-bond acceptors (Lipinski definition) is 14. The van der Waals surface area contributed by atoms with E-state index >= 15 is 0 Å². The Morgan fingerprint density at radius 1 is 0.629 bits per heavy atom. The summed E-state index contributed by atoms with van der Waals surface area (Å²) in [6, 6.07) is 1.53. The summed E-state index contributed by atoms with van der Waals surface area (Å²) < 4.78 is 21.7. The molecular weight excluding hydrogens is 805 g/mol. The van der Waals surface area contributed by atoms with Crippen LogP contribution in [0, 0.1) is 10.8 Å². The van der Waals surface area contributed by atoms with Crippen molar-refractivity contribution < 1.29 is 57.9 Å². The van der Waals surface area contributed by atoms with Gasteiger partial charge >= 0.3 is 36.1 Å². The topological polar surface area (TPSA) is 199 Å². The number of hydrogen-bond donors (Lipinski definition) is 2. The van der Waals surface area contributed by atoms with Crippen LogP contribution in [-0.4, -0.2) is 204 Å². The normalized spacial score (nSPS) is 25.6. The van der Waals surface area contributed by atoms with E-state index < -0.39 is 22.8 Å². The standard InChI is InChI=1S/C24H41N3O6.C20H33N3O6/c1-5-31-21(28)15-24(22(29)32-6-2)9-13-25(14-10-24)16-20-17-27(23(30)33-20)19-7-11-26(12-8-19)18(3)4;1-14(2)22-7-3-15(4-8-22)23-13-16(29-19(23)28)12-21-9-5-20(6-10-21,18(26)27)11-17(24)25/h18-20H,5-17H2,1-4H3;14-16H,3-13H2,1-2H3,(H,24,25)(H,26,27). The molecule has 18 nitrogen and oxygen atoms in total. The van der Waals surface area contributed by atoms with Crippen LogP contribution in [0.1, 0.15) is 106 Å². The second-order valence-corrected chi connectivity index (χ2v) is 18.8. The first-order chi connectivity index (χ1) is 29.5. The van der Waals surface area contributed by atoms with Gasteiger partial charge in [-0.3, -0.25) is 29.0 Å². The number of rotatable bonds is 16. The van der Waals surface area contributed by atoms with E-state index in [4.69, 9.17) is 24.1 Å². The van der Waals surface area contributed by atoms with E-state index in [-0.39, 0.29) is 67.9 Å². The Bertz CT molecular complexity index is 1530. The van der Waals surface area contributed by atoms with E-state index in [1.54, 1.807) is 13.8 Å². The van der Waals surface area contributed by atoms with Crippen LogP contribution in [0.4, 0.5) is 9.59 Å². The summed E-state index contributed by atoms with van der Waals surface area (Å²) in [5.74, 6) is -2.79. The third kappa shape index (κ3) is 12.7. The van der Waals surface area contributed by atoms with Gasteiger partial charge in [-0.15, -0.1) is 0 Å². The lowest BCUT2D eigenvalue weighted by Crippen LogP contribution is -2.49. The monoisotopic (exact) mass is 879 g/mol. The smallest absolute Gasteiger partial charge is 0.410 e. The summed E-state index contributed by atoms with van der Waals surface area (Å²) >= 11 is 0. The lowest BCUT2D eigenvalue weighted by atomic mass is 9.75. The minimum absolute atomic E-state index is 0.0504. The largest absolute Gasteiger partial charge is 0.481 e. The SMILES string of the molecule is CC(C)N1CCC(N2CC(CN3CCC(CC(=O)O)(C(=O)O)CC3)OC2=O)CC1.CCOC(=O)CC1(C(=O)OCC)CCN(CC2CN(C3CCN(C(C)C)CC3)C(=O)O2)CC1. The molecule has 0 saturated carbocycles. The molecule has 6 aliphatic heterocycles. The van der Waals surface area contributed by atoms with E-state index in [2.05, 4.69) is 47.3 Å². The fourth-order valence-electron chi connectivity index (χ4n) is 10.2. The maximum absolute atomic E-state index is 12.7. The number of esters is 2. The predicted molar refractivity (Wildman–Crippen MR) is 227 cm³/mol. The molecule has 2 N–H and O–H groups in total. The van der Waals surface area contributed by atoms with Crippen molar-refractivity contribution in [1.29, 1.82) is 0 Å². The van der Waals surface area contributed by atoms with E-state index in [1.807, 2.05) is 9.80 Å². The van der Waals surface area contributed by atoms with Gasteiger partial charge in [-0.05, 0) is 119 Å². The van der Waals surface area contributed by atoms with Crippen molar-refractivity contribution in [3.63, 3.8) is 0 Å². The van der Waals surface area contributed by atoms with Gasteiger partial charge in [-0.1, -0.05) is 0 Å². The zero-order chi connectivity index (χ0) is 45.2. The molecule has 352 valence electrons. The van der Waals surface area contributed by atoms with E-state index in [9.17, 15) is 33.9 Å². The fraction of sp³-hybridized carbons (Fsp3) is 0.864. The average Bonchev–Trinajstić information content (AvgIpc) is 3.79. The van der Waals surface area contributed by atoms with Gasteiger partial charge in [0.1, 0.15) is 12.2 Å². The molecule has 2 unspecified atom stereocenters. The maximum Gasteiger partial charge on any atom is 0.410 e. The van der Waals surface area contributed by atoms with Crippen LogP contribution in [0.5, 0.6) is 0 Å². The molecule has 0 aromatic rings. The molecule has 6 heterocycles. The first-order valence-corrected chi connectivity index (χ1v) is 23.1. The molecule has 0 spiro atoms. The number of nitrogens with zero attached hydrogens (tertiary/aromatic N) is 6. The van der Waals surface area contributed by atoms with Crippen molar-refractivity contribution in [2.24, 2.45) is 10.8 Å². The predicted octanol–water partition coefficient (Wildman–Crippen LogP) is 3.60. The molecule has 6 aliphatic rings. The van der Waals surface area contributed by atoms with Crippen molar-refractivity contribution in [2.45, 2.75) is 142 Å². The summed E-state index contributed by atoms with van der Waals surface area (Å²) in [5, 5.41) is 18.6. The highest BCUT2D eigenvalue weighted by molar-refractivity contribution is 5.84. The number of carbonyl (C=O) groups is 6. The Labute approximate surface area is 367 Å². The van der Waals surface area contributed by atoms with E-state index in [0.717, 1.165) is 51.9 Å². The number of carboxylic acid groups (broad SMARTS) is 2. The Hall–Kier alpha value is -3.74. The van der Waals surface area contributed by atoms with Crippen LogP contribution in [0.15, 0.2) is 0 Å². The van der Waals surface area contributed by atoms with Crippen LogP contribution in [0.25, 0.3) is 0 Å². The summed E-state index contributed by atoms with van der Waals surface area (Å²) in [6.07, 6.45) is 4.41. The lowest BCUT2D eigenvalue weighted by Gasteiger charge is -2.40. The molecular formula is C44H74N6O12. The highest BCUT2D eigenvalue weighted by atomic mass is 16.6. The van der Waals surface area contributed by atoms with Gasteiger partial charge in [0.2, 0.25) is 0 Å². The quantitative estimate of drug-likeness (QED) is 0.168. The van der Waals surface area contributed by atoms with Gasteiger partial charge in [0, 0.05) is 63.4 Å². The molecule has 2 amide bonds. The minimum atomic E-state index is -1.19. The van der Waals surface area contributed by atoms with Crippen molar-refractivity contribution >= 4 is 36.1 Å². The van der Waals surface area contributed by atoms with Crippen LogP contribution < -0.4 is 0 Å². The third-order valence-electron chi connectivity index (χ3n) is 14.1. The minimum Gasteiger partial charge on any atom is -0.481 e. The van der Waals surface area contributed by atoms with Crippen LogP contribution >= 0.6 is 0 Å².